The van der Waals surface area contributed by atoms with Crippen molar-refractivity contribution in [3.05, 3.63) is 98.0 Å². The highest BCUT2D eigenvalue weighted by Crippen LogP contribution is 2.30. The zero-order valence-electron chi connectivity index (χ0n) is 17.8. The lowest BCUT2D eigenvalue weighted by Crippen LogP contribution is -2.54. The van der Waals surface area contributed by atoms with Gasteiger partial charge in [-0.05, 0) is 60.0 Å². The molecule has 1 fully saturated rings. The topological polar surface area (TPSA) is 75.7 Å². The van der Waals surface area contributed by atoms with Crippen LogP contribution < -0.4 is 15.0 Å². The van der Waals surface area contributed by atoms with Gasteiger partial charge in [0.1, 0.15) is 17.9 Å². The number of ether oxygens (including phenoxy) is 1. The first-order valence-corrected chi connectivity index (χ1v) is 11.2. The number of hydrogen-bond donors (Lipinski definition) is 1. The molecule has 9 heteroatoms. The van der Waals surface area contributed by atoms with Crippen molar-refractivity contribution in [3.8, 4) is 5.75 Å². The zero-order valence-corrected chi connectivity index (χ0v) is 20.0. The number of benzene rings is 3. The highest BCUT2D eigenvalue weighted by molar-refractivity contribution is 6.42. The third-order valence-corrected chi connectivity index (χ3v) is 6.14. The Morgan fingerprint density at radius 2 is 1.68 bits per heavy atom. The summed E-state index contributed by atoms with van der Waals surface area (Å²) in [6, 6.07) is 16.1. The van der Waals surface area contributed by atoms with Gasteiger partial charge in [-0.25, -0.2) is 9.69 Å². The van der Waals surface area contributed by atoms with E-state index >= 15 is 0 Å². The molecule has 0 radical (unpaired) electrons. The van der Waals surface area contributed by atoms with Crippen LogP contribution in [0.1, 0.15) is 16.7 Å². The van der Waals surface area contributed by atoms with E-state index in [1.165, 1.54) is 6.08 Å². The summed E-state index contributed by atoms with van der Waals surface area (Å²) in [5.41, 5.74) is 2.22. The summed E-state index contributed by atoms with van der Waals surface area (Å²) in [5.74, 6) is -1.10. The van der Waals surface area contributed by atoms with Crippen LogP contribution in [0.25, 0.3) is 6.08 Å². The van der Waals surface area contributed by atoms with Crippen LogP contribution in [0.15, 0.2) is 66.2 Å². The van der Waals surface area contributed by atoms with Gasteiger partial charge in [0.15, 0.2) is 0 Å². The lowest BCUT2D eigenvalue weighted by Gasteiger charge is -2.27. The normalized spacial score (nSPS) is 15.0. The van der Waals surface area contributed by atoms with Crippen LogP contribution in [-0.4, -0.2) is 17.8 Å². The fraction of sp³-hybridized carbons (Fsp3) is 0.0800. The van der Waals surface area contributed by atoms with E-state index in [4.69, 9.17) is 39.5 Å². The average molecular weight is 516 g/mol. The van der Waals surface area contributed by atoms with Gasteiger partial charge in [0.25, 0.3) is 11.8 Å². The maximum atomic E-state index is 13.1. The summed E-state index contributed by atoms with van der Waals surface area (Å²) in [6.45, 7) is 1.98. The molecule has 3 aromatic rings. The highest BCUT2D eigenvalue weighted by atomic mass is 35.5. The number of halogens is 3. The number of barbiturate groups is 1. The van der Waals surface area contributed by atoms with Crippen LogP contribution in [0.3, 0.4) is 0 Å². The number of urea groups is 1. The molecule has 1 heterocycles. The van der Waals surface area contributed by atoms with Gasteiger partial charge in [-0.1, -0.05) is 65.1 Å². The van der Waals surface area contributed by atoms with Gasteiger partial charge < -0.3 is 4.74 Å². The molecular weight excluding hydrogens is 499 g/mol. The Balaban J connectivity index is 1.56. The van der Waals surface area contributed by atoms with E-state index in [0.717, 1.165) is 10.5 Å². The largest absolute Gasteiger partial charge is 0.487 e. The first kappa shape index (κ1) is 23.8. The number of nitrogens with one attached hydrogen (secondary N) is 1. The second-order valence-electron chi connectivity index (χ2n) is 7.47. The Labute approximate surface area is 210 Å². The predicted octanol–water partition coefficient (Wildman–Crippen LogP) is 6.20. The monoisotopic (exact) mass is 514 g/mol. The molecule has 4 amide bonds. The number of aryl methyl sites for hydroxylation is 1. The number of para-hydroxylation sites is 1. The van der Waals surface area contributed by atoms with E-state index in [9.17, 15) is 14.4 Å². The van der Waals surface area contributed by atoms with Crippen LogP contribution in [0.5, 0.6) is 5.75 Å². The fourth-order valence-electron chi connectivity index (χ4n) is 3.37. The van der Waals surface area contributed by atoms with Crippen LogP contribution in [-0.2, 0) is 16.2 Å². The number of carbonyl (C=O) groups is 3. The molecule has 172 valence electrons. The van der Waals surface area contributed by atoms with E-state index < -0.39 is 17.8 Å². The van der Waals surface area contributed by atoms with Crippen molar-refractivity contribution in [2.24, 2.45) is 0 Å². The number of hydrogen-bond acceptors (Lipinski definition) is 4. The minimum atomic E-state index is -0.800. The Kier molecular flexibility index (Phi) is 6.93. The molecular formula is C25H17Cl3N2O4. The molecule has 6 nitrogen and oxygen atoms in total. The molecule has 34 heavy (non-hydrogen) atoms. The van der Waals surface area contributed by atoms with E-state index in [0.29, 0.717) is 32.6 Å². The number of nitrogens with zero attached hydrogens (tertiary/aromatic N) is 1. The Hall–Kier alpha value is -3.32. The van der Waals surface area contributed by atoms with E-state index in [-0.39, 0.29) is 17.2 Å². The van der Waals surface area contributed by atoms with Crippen LogP contribution >= 0.6 is 34.8 Å². The molecule has 0 unspecified atom stereocenters. The van der Waals surface area contributed by atoms with Gasteiger partial charge in [-0.2, -0.15) is 0 Å². The summed E-state index contributed by atoms with van der Waals surface area (Å²) >= 11 is 18.3. The molecule has 1 saturated heterocycles. The predicted molar refractivity (Wildman–Crippen MR) is 132 cm³/mol. The lowest BCUT2D eigenvalue weighted by atomic mass is 10.1. The summed E-state index contributed by atoms with van der Waals surface area (Å²) in [6.07, 6.45) is 1.38. The first-order valence-electron chi connectivity index (χ1n) is 10.1. The number of rotatable bonds is 5. The summed E-state index contributed by atoms with van der Waals surface area (Å²) in [4.78, 5) is 38.8. The number of amides is 4. The molecule has 1 aliphatic rings. The average Bonchev–Trinajstić information content (AvgIpc) is 2.79. The molecule has 0 atom stereocenters. The summed E-state index contributed by atoms with van der Waals surface area (Å²) in [7, 11) is 0. The minimum absolute atomic E-state index is 0.191. The van der Waals surface area contributed by atoms with Gasteiger partial charge in [-0.3, -0.25) is 14.9 Å². The molecule has 3 aromatic carbocycles. The van der Waals surface area contributed by atoms with Crippen molar-refractivity contribution in [2.45, 2.75) is 13.5 Å². The second kappa shape index (κ2) is 9.89. The second-order valence-corrected chi connectivity index (χ2v) is 8.69. The first-order chi connectivity index (χ1) is 16.2. The summed E-state index contributed by atoms with van der Waals surface area (Å²) < 4.78 is 5.75. The third kappa shape index (κ3) is 4.94. The van der Waals surface area contributed by atoms with E-state index in [1.807, 2.05) is 0 Å². The number of anilines is 1. The zero-order chi connectivity index (χ0) is 24.4. The number of imide groups is 2. The van der Waals surface area contributed by atoms with Crippen LogP contribution in [0.4, 0.5) is 10.5 Å². The molecule has 0 saturated carbocycles. The van der Waals surface area contributed by atoms with Crippen molar-refractivity contribution < 1.29 is 19.1 Å². The molecule has 4 rings (SSSR count). The standard InChI is InChI=1S/C25H17Cl3N2O4/c1-14-4-2-3-5-21(14)30-24(32)17(23(31)29-25(30)33)10-15-7-9-22(20(28)11-15)34-13-16-6-8-18(26)19(27)12-16/h2-12H,13H2,1H3,(H,29,31,33)/b17-10+. The molecule has 0 aromatic heterocycles. The van der Waals surface area contributed by atoms with Crippen molar-refractivity contribution >= 4 is 64.4 Å². The van der Waals surface area contributed by atoms with Crippen molar-refractivity contribution in [1.29, 1.82) is 0 Å². The van der Waals surface area contributed by atoms with Gasteiger partial charge in [0.05, 0.1) is 20.8 Å². The van der Waals surface area contributed by atoms with Crippen molar-refractivity contribution in [3.63, 3.8) is 0 Å². The van der Waals surface area contributed by atoms with Crippen LogP contribution in [0.2, 0.25) is 15.1 Å². The van der Waals surface area contributed by atoms with Crippen molar-refractivity contribution in [1.82, 2.24) is 5.32 Å². The minimum Gasteiger partial charge on any atom is -0.487 e. The van der Waals surface area contributed by atoms with Gasteiger partial charge in [-0.15, -0.1) is 0 Å². The molecule has 0 aliphatic carbocycles. The fourth-order valence-corrected chi connectivity index (χ4v) is 3.94. The van der Waals surface area contributed by atoms with E-state index in [1.54, 1.807) is 67.6 Å². The van der Waals surface area contributed by atoms with Crippen LogP contribution in [0, 0.1) is 6.92 Å². The van der Waals surface area contributed by atoms with Gasteiger partial charge >= 0.3 is 6.03 Å². The Morgan fingerprint density at radius 1 is 0.912 bits per heavy atom. The number of carbonyl (C=O) groups excluding carboxylic acids is 3. The van der Waals surface area contributed by atoms with Gasteiger partial charge in [0, 0.05) is 0 Å². The van der Waals surface area contributed by atoms with E-state index in [2.05, 4.69) is 5.32 Å². The molecule has 0 spiro atoms. The molecule has 1 aliphatic heterocycles. The SMILES string of the molecule is Cc1ccccc1N1C(=O)NC(=O)/C(=C\c2ccc(OCc3ccc(Cl)c(Cl)c3)c(Cl)c2)C1=O. The Morgan fingerprint density at radius 3 is 2.38 bits per heavy atom. The maximum Gasteiger partial charge on any atom is 0.335 e. The van der Waals surface area contributed by atoms with Gasteiger partial charge in [0.2, 0.25) is 0 Å². The van der Waals surface area contributed by atoms with Crippen molar-refractivity contribution in [2.75, 3.05) is 4.90 Å². The third-order valence-electron chi connectivity index (χ3n) is 5.10. The molecule has 0 bridgehead atoms. The maximum absolute atomic E-state index is 13.1. The molecule has 1 N–H and O–H groups in total. The quantitative estimate of drug-likeness (QED) is 0.324. The smallest absolute Gasteiger partial charge is 0.335 e. The Bertz CT molecular complexity index is 1350. The lowest BCUT2D eigenvalue weighted by molar-refractivity contribution is -0.122. The highest BCUT2D eigenvalue weighted by Gasteiger charge is 2.37. The summed E-state index contributed by atoms with van der Waals surface area (Å²) in [5, 5.41) is 3.36.